The van der Waals surface area contributed by atoms with Crippen LogP contribution in [-0.2, 0) is 28.6 Å². The van der Waals surface area contributed by atoms with Crippen molar-refractivity contribution in [1.82, 2.24) is 0 Å². The topological polar surface area (TPSA) is 78.9 Å². The Morgan fingerprint density at radius 2 is 0.732 bits per heavy atom. The summed E-state index contributed by atoms with van der Waals surface area (Å²) in [5.41, 5.74) is 0. The van der Waals surface area contributed by atoms with Crippen molar-refractivity contribution in [2.75, 3.05) is 13.2 Å². The van der Waals surface area contributed by atoms with E-state index >= 15 is 0 Å². The molecule has 0 rings (SSSR count). The largest absolute Gasteiger partial charge is 0.462 e. The van der Waals surface area contributed by atoms with Gasteiger partial charge < -0.3 is 14.2 Å². The molecule has 0 amide bonds. The molecule has 0 heterocycles. The number of esters is 3. The van der Waals surface area contributed by atoms with Gasteiger partial charge in [-0.2, -0.15) is 0 Å². The molecule has 314 valence electrons. The zero-order valence-electron chi connectivity index (χ0n) is 35.6. The van der Waals surface area contributed by atoms with E-state index in [0.717, 1.165) is 128 Å². The van der Waals surface area contributed by atoms with Crippen LogP contribution < -0.4 is 0 Å². The van der Waals surface area contributed by atoms with Crippen molar-refractivity contribution >= 4 is 17.9 Å². The maximum Gasteiger partial charge on any atom is 0.306 e. The third-order valence-corrected chi connectivity index (χ3v) is 8.60. The minimum Gasteiger partial charge on any atom is -0.462 e. The molecule has 0 radical (unpaired) electrons. The summed E-state index contributed by atoms with van der Waals surface area (Å²) in [7, 11) is 0. The smallest absolute Gasteiger partial charge is 0.306 e. The van der Waals surface area contributed by atoms with Crippen LogP contribution in [0.15, 0.2) is 109 Å². The van der Waals surface area contributed by atoms with Gasteiger partial charge >= 0.3 is 17.9 Å². The van der Waals surface area contributed by atoms with Crippen molar-refractivity contribution in [3.63, 3.8) is 0 Å². The SMILES string of the molecule is CC\C=C/C=C\C=C/C=C\CCCCCCCC(=O)OCC(COC(=O)CCCC/C=C\C/C=C\CC)OC(=O)CCCCCC/C=C\C/C=C\C/C=C\CC. The number of rotatable bonds is 37. The molecule has 0 aromatic rings. The van der Waals surface area contributed by atoms with Gasteiger partial charge in [0.2, 0.25) is 0 Å². The van der Waals surface area contributed by atoms with Crippen LogP contribution in [0.4, 0.5) is 0 Å². The average Bonchev–Trinajstić information content (AvgIpc) is 3.19. The van der Waals surface area contributed by atoms with Crippen LogP contribution in [0.2, 0.25) is 0 Å². The normalized spacial score (nSPS) is 13.1. The minimum absolute atomic E-state index is 0.113. The minimum atomic E-state index is -0.812. The van der Waals surface area contributed by atoms with E-state index in [9.17, 15) is 14.4 Å². The molecule has 56 heavy (non-hydrogen) atoms. The van der Waals surface area contributed by atoms with Gasteiger partial charge in [0.25, 0.3) is 0 Å². The van der Waals surface area contributed by atoms with E-state index in [1.54, 1.807) is 0 Å². The number of allylic oxidation sites excluding steroid dienone is 18. The molecule has 0 aliphatic carbocycles. The summed E-state index contributed by atoms with van der Waals surface area (Å²) < 4.78 is 16.6. The highest BCUT2D eigenvalue weighted by Gasteiger charge is 2.19. The van der Waals surface area contributed by atoms with E-state index in [0.29, 0.717) is 12.8 Å². The van der Waals surface area contributed by atoms with Crippen molar-refractivity contribution in [1.29, 1.82) is 0 Å². The molecular weight excluding hydrogens is 697 g/mol. The zero-order chi connectivity index (χ0) is 40.8. The van der Waals surface area contributed by atoms with Crippen molar-refractivity contribution in [2.24, 2.45) is 0 Å². The van der Waals surface area contributed by atoms with Crippen molar-refractivity contribution in [3.8, 4) is 0 Å². The van der Waals surface area contributed by atoms with Crippen LogP contribution in [0.3, 0.4) is 0 Å². The molecular formula is C50H78O6. The molecule has 0 fully saturated rings. The predicted molar refractivity (Wildman–Crippen MR) is 237 cm³/mol. The summed E-state index contributed by atoms with van der Waals surface area (Å²) in [6.45, 7) is 6.15. The Morgan fingerprint density at radius 1 is 0.375 bits per heavy atom. The Hall–Kier alpha value is -3.93. The lowest BCUT2D eigenvalue weighted by Gasteiger charge is -2.18. The molecule has 0 N–H and O–H groups in total. The van der Waals surface area contributed by atoms with Gasteiger partial charge in [0.15, 0.2) is 6.10 Å². The third kappa shape index (κ3) is 41.2. The Bertz CT molecular complexity index is 1210. The molecule has 6 heteroatoms. The molecule has 0 saturated heterocycles. The first-order valence-electron chi connectivity index (χ1n) is 21.9. The number of unbranched alkanes of at least 4 members (excludes halogenated alkanes) is 11. The number of hydrogen-bond donors (Lipinski definition) is 0. The highest BCUT2D eigenvalue weighted by Crippen LogP contribution is 2.12. The highest BCUT2D eigenvalue weighted by molar-refractivity contribution is 5.71. The molecule has 1 atom stereocenters. The van der Waals surface area contributed by atoms with Crippen LogP contribution >= 0.6 is 0 Å². The molecule has 0 aromatic carbocycles. The van der Waals surface area contributed by atoms with E-state index in [4.69, 9.17) is 14.2 Å². The fourth-order valence-electron chi connectivity index (χ4n) is 5.38. The number of carbonyl (C=O) groups excluding carboxylic acids is 3. The number of ether oxygens (including phenoxy) is 3. The Balaban J connectivity index is 4.50. The van der Waals surface area contributed by atoms with Crippen molar-refractivity contribution in [3.05, 3.63) is 109 Å². The fourth-order valence-corrected chi connectivity index (χ4v) is 5.38. The lowest BCUT2D eigenvalue weighted by molar-refractivity contribution is -0.167. The second kappa shape index (κ2) is 43.8. The van der Waals surface area contributed by atoms with Crippen molar-refractivity contribution < 1.29 is 28.6 Å². The second-order valence-corrected chi connectivity index (χ2v) is 13.9. The predicted octanol–water partition coefficient (Wildman–Crippen LogP) is 14.0. The van der Waals surface area contributed by atoms with Gasteiger partial charge in [0.05, 0.1) is 0 Å². The van der Waals surface area contributed by atoms with Crippen LogP contribution in [0.1, 0.15) is 168 Å². The van der Waals surface area contributed by atoms with Crippen LogP contribution in [0.5, 0.6) is 0 Å². The molecule has 0 aliphatic heterocycles. The van der Waals surface area contributed by atoms with Gasteiger partial charge in [-0.05, 0) is 96.3 Å². The second-order valence-electron chi connectivity index (χ2n) is 13.9. The molecule has 0 saturated carbocycles. The Morgan fingerprint density at radius 3 is 1.25 bits per heavy atom. The first-order valence-corrected chi connectivity index (χ1v) is 21.9. The van der Waals surface area contributed by atoms with Gasteiger partial charge in [-0.3, -0.25) is 14.4 Å². The summed E-state index contributed by atoms with van der Waals surface area (Å²) in [5, 5.41) is 0. The van der Waals surface area contributed by atoms with Gasteiger partial charge in [-0.1, -0.05) is 162 Å². The third-order valence-electron chi connectivity index (χ3n) is 8.60. The Labute approximate surface area is 342 Å². The summed E-state index contributed by atoms with van der Waals surface area (Å²) in [5.74, 6) is -1.01. The van der Waals surface area contributed by atoms with Crippen LogP contribution in [0, 0.1) is 0 Å². The lowest BCUT2D eigenvalue weighted by Crippen LogP contribution is -2.30. The van der Waals surface area contributed by atoms with Gasteiger partial charge in [-0.25, -0.2) is 0 Å². The summed E-state index contributed by atoms with van der Waals surface area (Å²) in [6.07, 6.45) is 57.9. The van der Waals surface area contributed by atoms with Gasteiger partial charge in [0, 0.05) is 19.3 Å². The monoisotopic (exact) mass is 775 g/mol. The molecule has 6 nitrogen and oxygen atoms in total. The zero-order valence-corrected chi connectivity index (χ0v) is 35.6. The molecule has 0 spiro atoms. The van der Waals surface area contributed by atoms with Crippen molar-refractivity contribution in [2.45, 2.75) is 175 Å². The van der Waals surface area contributed by atoms with E-state index in [-0.39, 0.29) is 37.5 Å². The van der Waals surface area contributed by atoms with Gasteiger partial charge in [-0.15, -0.1) is 0 Å². The van der Waals surface area contributed by atoms with E-state index in [2.05, 4.69) is 106 Å². The molecule has 0 bridgehead atoms. The van der Waals surface area contributed by atoms with Crippen LogP contribution in [-0.4, -0.2) is 37.2 Å². The van der Waals surface area contributed by atoms with E-state index in [1.165, 1.54) is 0 Å². The Kier molecular flexibility index (Phi) is 40.7. The summed E-state index contributed by atoms with van der Waals surface area (Å²) in [6, 6.07) is 0. The molecule has 1 unspecified atom stereocenters. The van der Waals surface area contributed by atoms with Crippen LogP contribution in [0.25, 0.3) is 0 Å². The summed E-state index contributed by atoms with van der Waals surface area (Å²) >= 11 is 0. The standard InChI is InChI=1S/C50H78O6/c1-4-7-10-13-16-19-21-23-25-27-28-31-34-37-40-43-49(52)55-46-47(45-54-48(51)42-39-36-33-30-18-15-12-9-6-3)56-50(53)44-41-38-35-32-29-26-24-22-20-17-14-11-8-5-2/h7-13,16-21,23-26,30,47H,4-6,14-15,22,27-29,31-46H2,1-3H3/b10-7-,11-8-,12-9-,16-13-,20-17-,21-19-,25-23-,26-24-,30-18-. The average molecular weight is 775 g/mol. The fraction of sp³-hybridized carbons (Fsp3) is 0.580. The maximum atomic E-state index is 12.7. The molecule has 0 aliphatic rings. The quantitative estimate of drug-likeness (QED) is 0.0206. The van der Waals surface area contributed by atoms with Gasteiger partial charge in [0.1, 0.15) is 13.2 Å². The van der Waals surface area contributed by atoms with E-state index < -0.39 is 6.10 Å². The first kappa shape index (κ1) is 52.1. The van der Waals surface area contributed by atoms with E-state index in [1.807, 2.05) is 24.3 Å². The number of hydrogen-bond acceptors (Lipinski definition) is 6. The maximum absolute atomic E-state index is 12.7. The molecule has 0 aromatic heterocycles. The lowest BCUT2D eigenvalue weighted by atomic mass is 10.1. The number of carbonyl (C=O) groups is 3. The highest BCUT2D eigenvalue weighted by atomic mass is 16.6. The summed E-state index contributed by atoms with van der Waals surface area (Å²) in [4.78, 5) is 37.7. The first-order chi connectivity index (χ1) is 27.5.